The zero-order chi connectivity index (χ0) is 10.6. The maximum Gasteiger partial charge on any atom is 0.143 e. The molecule has 1 rings (SSSR count). The zero-order valence-electron chi connectivity index (χ0n) is 8.34. The fourth-order valence-corrected chi connectivity index (χ4v) is 1.55. The van der Waals surface area contributed by atoms with Gasteiger partial charge in [0.1, 0.15) is 11.5 Å². The van der Waals surface area contributed by atoms with E-state index in [0.717, 1.165) is 10.2 Å². The number of ether oxygens (including phenoxy) is 2. The molecule has 0 heterocycles. The monoisotopic (exact) mass is 259 g/mol. The first-order chi connectivity index (χ1) is 6.70. The maximum absolute atomic E-state index is 5.85. The molecule has 78 valence electrons. The van der Waals surface area contributed by atoms with Crippen LogP contribution in [0.5, 0.6) is 11.5 Å². The van der Waals surface area contributed by atoms with Crippen LogP contribution in [0, 0.1) is 0 Å². The Labute approximate surface area is 92.3 Å². The van der Waals surface area contributed by atoms with Gasteiger partial charge in [0, 0.05) is 0 Å². The van der Waals surface area contributed by atoms with Crippen LogP contribution in [0.3, 0.4) is 0 Å². The maximum atomic E-state index is 5.85. The van der Waals surface area contributed by atoms with Crippen LogP contribution in [0.4, 0.5) is 5.69 Å². The standard InChI is InChI=1S/C10H14BrNO2/c1-3-13-7-5-6-8(14-4-2)10(12)9(7)11/h5-6H,3-4,12H2,1-2H3. The van der Waals surface area contributed by atoms with Crippen LogP contribution in [0.15, 0.2) is 16.6 Å². The average Bonchev–Trinajstić information content (AvgIpc) is 2.18. The van der Waals surface area contributed by atoms with Gasteiger partial charge in [0.05, 0.1) is 23.4 Å². The quantitative estimate of drug-likeness (QED) is 0.846. The summed E-state index contributed by atoms with van der Waals surface area (Å²) in [7, 11) is 0. The second kappa shape index (κ2) is 5.10. The van der Waals surface area contributed by atoms with Gasteiger partial charge in [0.2, 0.25) is 0 Å². The SMILES string of the molecule is CCOc1ccc(OCC)c(Br)c1N. The van der Waals surface area contributed by atoms with Crippen molar-refractivity contribution in [2.24, 2.45) is 0 Å². The summed E-state index contributed by atoms with van der Waals surface area (Å²) in [6.45, 7) is 5.07. The Balaban J connectivity index is 2.99. The van der Waals surface area contributed by atoms with Crippen molar-refractivity contribution in [3.63, 3.8) is 0 Å². The van der Waals surface area contributed by atoms with E-state index in [9.17, 15) is 0 Å². The number of hydrogen-bond acceptors (Lipinski definition) is 3. The lowest BCUT2D eigenvalue weighted by atomic mass is 10.3. The van der Waals surface area contributed by atoms with Crippen LogP contribution in [0.2, 0.25) is 0 Å². The molecule has 0 aliphatic rings. The summed E-state index contributed by atoms with van der Waals surface area (Å²) in [4.78, 5) is 0. The van der Waals surface area contributed by atoms with E-state index in [1.54, 1.807) is 0 Å². The molecular formula is C10H14BrNO2. The summed E-state index contributed by atoms with van der Waals surface area (Å²) in [5.74, 6) is 1.43. The first kappa shape index (κ1) is 11.2. The highest BCUT2D eigenvalue weighted by molar-refractivity contribution is 9.10. The van der Waals surface area contributed by atoms with Crippen LogP contribution in [-0.4, -0.2) is 13.2 Å². The third-order valence-corrected chi connectivity index (χ3v) is 2.52. The number of halogens is 1. The fraction of sp³-hybridized carbons (Fsp3) is 0.400. The second-order valence-electron chi connectivity index (χ2n) is 2.66. The number of nitrogen functional groups attached to an aromatic ring is 1. The van der Waals surface area contributed by atoms with E-state index in [1.807, 2.05) is 26.0 Å². The van der Waals surface area contributed by atoms with Crippen LogP contribution in [0.25, 0.3) is 0 Å². The molecule has 2 N–H and O–H groups in total. The summed E-state index contributed by atoms with van der Waals surface area (Å²) >= 11 is 3.37. The van der Waals surface area contributed by atoms with Crippen LogP contribution in [-0.2, 0) is 0 Å². The van der Waals surface area contributed by atoms with Gasteiger partial charge in [0.15, 0.2) is 0 Å². The molecule has 3 nitrogen and oxygen atoms in total. The minimum absolute atomic E-state index is 0.581. The molecule has 0 radical (unpaired) electrons. The zero-order valence-corrected chi connectivity index (χ0v) is 9.93. The molecule has 14 heavy (non-hydrogen) atoms. The van der Waals surface area contributed by atoms with Crippen molar-refractivity contribution in [3.05, 3.63) is 16.6 Å². The average molecular weight is 260 g/mol. The predicted molar refractivity (Wildman–Crippen MR) is 60.9 cm³/mol. The molecule has 0 fully saturated rings. The Morgan fingerprint density at radius 1 is 1.14 bits per heavy atom. The van der Waals surface area contributed by atoms with Gasteiger partial charge >= 0.3 is 0 Å². The third kappa shape index (κ3) is 2.32. The molecule has 4 heteroatoms. The molecule has 0 bridgehead atoms. The Hall–Kier alpha value is -0.900. The smallest absolute Gasteiger partial charge is 0.143 e. The summed E-state index contributed by atoms with van der Waals surface area (Å²) in [5.41, 5.74) is 6.43. The predicted octanol–water partition coefficient (Wildman–Crippen LogP) is 2.83. The Morgan fingerprint density at radius 3 is 2.21 bits per heavy atom. The lowest BCUT2D eigenvalue weighted by Gasteiger charge is -2.12. The van der Waals surface area contributed by atoms with E-state index in [-0.39, 0.29) is 0 Å². The molecule has 0 saturated carbocycles. The van der Waals surface area contributed by atoms with Crippen molar-refractivity contribution in [1.82, 2.24) is 0 Å². The number of hydrogen-bond donors (Lipinski definition) is 1. The lowest BCUT2D eigenvalue weighted by Crippen LogP contribution is -2.00. The normalized spacial score (nSPS) is 9.93. The number of nitrogens with two attached hydrogens (primary N) is 1. The van der Waals surface area contributed by atoms with Gasteiger partial charge in [-0.1, -0.05) is 0 Å². The lowest BCUT2D eigenvalue weighted by molar-refractivity contribution is 0.330. The van der Waals surface area contributed by atoms with E-state index in [4.69, 9.17) is 15.2 Å². The summed E-state index contributed by atoms with van der Waals surface area (Å²) in [5, 5.41) is 0. The number of rotatable bonds is 4. The number of benzene rings is 1. The molecule has 0 spiro atoms. The molecule has 0 aromatic heterocycles. The highest BCUT2D eigenvalue weighted by Crippen LogP contribution is 2.37. The Bertz CT molecular complexity index is 284. The van der Waals surface area contributed by atoms with E-state index in [0.29, 0.717) is 24.7 Å². The topological polar surface area (TPSA) is 44.5 Å². The molecule has 0 amide bonds. The molecule has 1 aromatic carbocycles. The van der Waals surface area contributed by atoms with Gasteiger partial charge in [-0.15, -0.1) is 0 Å². The molecule has 0 atom stereocenters. The summed E-state index contributed by atoms with van der Waals surface area (Å²) in [6.07, 6.45) is 0. The first-order valence-corrected chi connectivity index (χ1v) is 5.33. The highest BCUT2D eigenvalue weighted by atomic mass is 79.9. The van der Waals surface area contributed by atoms with E-state index in [2.05, 4.69) is 15.9 Å². The van der Waals surface area contributed by atoms with Crippen LogP contribution >= 0.6 is 15.9 Å². The molecular weight excluding hydrogens is 246 g/mol. The molecule has 0 saturated heterocycles. The molecule has 0 unspecified atom stereocenters. The Kier molecular flexibility index (Phi) is 4.07. The van der Waals surface area contributed by atoms with E-state index < -0.39 is 0 Å². The largest absolute Gasteiger partial charge is 0.493 e. The molecule has 0 aliphatic carbocycles. The van der Waals surface area contributed by atoms with E-state index in [1.165, 1.54) is 0 Å². The van der Waals surface area contributed by atoms with Crippen molar-refractivity contribution in [2.45, 2.75) is 13.8 Å². The van der Waals surface area contributed by atoms with Crippen molar-refractivity contribution >= 4 is 21.6 Å². The summed E-state index contributed by atoms with van der Waals surface area (Å²) < 4.78 is 11.5. The van der Waals surface area contributed by atoms with E-state index >= 15 is 0 Å². The van der Waals surface area contributed by atoms with Gasteiger partial charge in [0.25, 0.3) is 0 Å². The van der Waals surface area contributed by atoms with Gasteiger partial charge in [-0.05, 0) is 41.9 Å². The fourth-order valence-electron chi connectivity index (χ4n) is 1.10. The van der Waals surface area contributed by atoms with Gasteiger partial charge in [-0.25, -0.2) is 0 Å². The minimum atomic E-state index is 0.581. The van der Waals surface area contributed by atoms with Crippen molar-refractivity contribution < 1.29 is 9.47 Å². The number of anilines is 1. The van der Waals surface area contributed by atoms with Crippen LogP contribution < -0.4 is 15.2 Å². The van der Waals surface area contributed by atoms with Gasteiger partial charge in [-0.3, -0.25) is 0 Å². The second-order valence-corrected chi connectivity index (χ2v) is 3.45. The Morgan fingerprint density at radius 2 is 1.64 bits per heavy atom. The van der Waals surface area contributed by atoms with Gasteiger partial charge in [-0.2, -0.15) is 0 Å². The minimum Gasteiger partial charge on any atom is -0.493 e. The first-order valence-electron chi connectivity index (χ1n) is 4.54. The summed E-state index contributed by atoms with van der Waals surface area (Å²) in [6, 6.07) is 3.66. The third-order valence-electron chi connectivity index (χ3n) is 1.70. The van der Waals surface area contributed by atoms with Crippen molar-refractivity contribution in [3.8, 4) is 11.5 Å². The van der Waals surface area contributed by atoms with Gasteiger partial charge < -0.3 is 15.2 Å². The highest BCUT2D eigenvalue weighted by Gasteiger charge is 2.09. The molecule has 0 aliphatic heterocycles. The van der Waals surface area contributed by atoms with Crippen LogP contribution in [0.1, 0.15) is 13.8 Å². The van der Waals surface area contributed by atoms with Crippen molar-refractivity contribution in [2.75, 3.05) is 18.9 Å². The molecule has 1 aromatic rings. The van der Waals surface area contributed by atoms with Crippen molar-refractivity contribution in [1.29, 1.82) is 0 Å².